The molecule has 3 aromatic carbocycles. The summed E-state index contributed by atoms with van der Waals surface area (Å²) in [4.78, 5) is 9.46. The SMILES string of the molecule is Cc1cccc(-c2nc(Nc3ccc(O)cc3)c3ccccc3n2)c1. The Morgan fingerprint density at radius 1 is 0.840 bits per heavy atom. The number of benzene rings is 3. The Morgan fingerprint density at radius 2 is 1.64 bits per heavy atom. The van der Waals surface area contributed by atoms with E-state index in [1.807, 2.05) is 48.5 Å². The van der Waals surface area contributed by atoms with Crippen molar-refractivity contribution in [2.75, 3.05) is 5.32 Å². The minimum atomic E-state index is 0.235. The van der Waals surface area contributed by atoms with Gasteiger partial charge in [-0.3, -0.25) is 0 Å². The molecule has 4 nitrogen and oxygen atoms in total. The minimum absolute atomic E-state index is 0.235. The molecule has 0 saturated carbocycles. The quantitative estimate of drug-likeness (QED) is 0.517. The van der Waals surface area contributed by atoms with Crippen LogP contribution in [0.15, 0.2) is 72.8 Å². The molecule has 0 spiro atoms. The third-order valence-electron chi connectivity index (χ3n) is 4.01. The molecule has 4 heteroatoms. The summed E-state index contributed by atoms with van der Waals surface area (Å²) >= 11 is 0. The van der Waals surface area contributed by atoms with Crippen LogP contribution >= 0.6 is 0 Å². The second-order valence-electron chi connectivity index (χ2n) is 5.95. The van der Waals surface area contributed by atoms with Gasteiger partial charge in [0.15, 0.2) is 5.82 Å². The topological polar surface area (TPSA) is 58.0 Å². The molecule has 0 aliphatic rings. The first-order chi connectivity index (χ1) is 12.2. The van der Waals surface area contributed by atoms with Gasteiger partial charge in [0.2, 0.25) is 0 Å². The smallest absolute Gasteiger partial charge is 0.162 e. The summed E-state index contributed by atoms with van der Waals surface area (Å²) in [5, 5.41) is 13.7. The predicted octanol–water partition coefficient (Wildman–Crippen LogP) is 5.05. The molecule has 0 fully saturated rings. The summed E-state index contributed by atoms with van der Waals surface area (Å²) in [5.74, 6) is 1.66. The van der Waals surface area contributed by atoms with Gasteiger partial charge in [-0.05, 0) is 49.4 Å². The van der Waals surface area contributed by atoms with Gasteiger partial charge in [0.25, 0.3) is 0 Å². The summed E-state index contributed by atoms with van der Waals surface area (Å²) in [5.41, 5.74) is 3.90. The number of fused-ring (bicyclic) bond motifs is 1. The minimum Gasteiger partial charge on any atom is -0.508 e. The molecule has 0 atom stereocenters. The highest BCUT2D eigenvalue weighted by Crippen LogP contribution is 2.28. The molecule has 122 valence electrons. The summed E-state index contributed by atoms with van der Waals surface area (Å²) in [7, 11) is 0. The molecular weight excluding hydrogens is 310 g/mol. The van der Waals surface area contributed by atoms with E-state index in [2.05, 4.69) is 24.4 Å². The van der Waals surface area contributed by atoms with Gasteiger partial charge in [0.05, 0.1) is 5.52 Å². The number of aromatic hydroxyl groups is 1. The average molecular weight is 327 g/mol. The molecule has 4 aromatic rings. The lowest BCUT2D eigenvalue weighted by atomic mass is 10.1. The normalized spacial score (nSPS) is 10.8. The van der Waals surface area contributed by atoms with E-state index in [-0.39, 0.29) is 5.75 Å². The second-order valence-corrected chi connectivity index (χ2v) is 5.95. The Kier molecular flexibility index (Phi) is 3.78. The van der Waals surface area contributed by atoms with Crippen LogP contribution < -0.4 is 5.32 Å². The van der Waals surface area contributed by atoms with Crippen LogP contribution in [-0.4, -0.2) is 15.1 Å². The number of hydrogen-bond donors (Lipinski definition) is 2. The molecule has 0 bridgehead atoms. The Morgan fingerprint density at radius 3 is 2.44 bits per heavy atom. The van der Waals surface area contributed by atoms with Crippen molar-refractivity contribution in [2.45, 2.75) is 6.92 Å². The molecule has 0 saturated heterocycles. The number of rotatable bonds is 3. The number of nitrogens with zero attached hydrogens (tertiary/aromatic N) is 2. The van der Waals surface area contributed by atoms with Gasteiger partial charge >= 0.3 is 0 Å². The number of phenols is 1. The summed E-state index contributed by atoms with van der Waals surface area (Å²) < 4.78 is 0. The van der Waals surface area contributed by atoms with Crippen molar-refractivity contribution in [3.05, 3.63) is 78.4 Å². The molecule has 25 heavy (non-hydrogen) atoms. The zero-order chi connectivity index (χ0) is 17.2. The standard InChI is InChI=1S/C21H17N3O/c1-14-5-4-6-15(13-14)20-23-19-8-3-2-7-18(19)21(24-20)22-16-9-11-17(25)12-10-16/h2-13,25H,1H3,(H,22,23,24). The molecule has 2 N–H and O–H groups in total. The largest absolute Gasteiger partial charge is 0.508 e. The molecule has 0 aliphatic heterocycles. The number of nitrogens with one attached hydrogen (secondary N) is 1. The van der Waals surface area contributed by atoms with Gasteiger partial charge in [-0.1, -0.05) is 35.9 Å². The fraction of sp³-hybridized carbons (Fsp3) is 0.0476. The van der Waals surface area contributed by atoms with Crippen LogP contribution in [0.4, 0.5) is 11.5 Å². The third-order valence-corrected chi connectivity index (χ3v) is 4.01. The fourth-order valence-corrected chi connectivity index (χ4v) is 2.77. The average Bonchev–Trinajstić information content (AvgIpc) is 2.63. The maximum absolute atomic E-state index is 9.46. The van der Waals surface area contributed by atoms with Gasteiger partial charge in [-0.2, -0.15) is 0 Å². The number of hydrogen-bond acceptors (Lipinski definition) is 4. The van der Waals surface area contributed by atoms with Gasteiger partial charge in [-0.25, -0.2) is 9.97 Å². The van der Waals surface area contributed by atoms with Crippen molar-refractivity contribution >= 4 is 22.4 Å². The van der Waals surface area contributed by atoms with Crippen molar-refractivity contribution in [3.8, 4) is 17.1 Å². The van der Waals surface area contributed by atoms with Crippen molar-refractivity contribution in [1.82, 2.24) is 9.97 Å². The van der Waals surface area contributed by atoms with E-state index < -0.39 is 0 Å². The van der Waals surface area contributed by atoms with Gasteiger partial charge in [0.1, 0.15) is 11.6 Å². The first-order valence-corrected chi connectivity index (χ1v) is 8.09. The van der Waals surface area contributed by atoms with E-state index in [1.54, 1.807) is 12.1 Å². The third kappa shape index (κ3) is 3.15. The first-order valence-electron chi connectivity index (χ1n) is 8.09. The van der Waals surface area contributed by atoms with E-state index in [9.17, 15) is 5.11 Å². The number of aromatic nitrogens is 2. The summed E-state index contributed by atoms with van der Waals surface area (Å²) in [6.07, 6.45) is 0. The van der Waals surface area contributed by atoms with Gasteiger partial charge < -0.3 is 10.4 Å². The maximum atomic E-state index is 9.46. The molecule has 4 rings (SSSR count). The van der Waals surface area contributed by atoms with Crippen molar-refractivity contribution in [2.24, 2.45) is 0 Å². The zero-order valence-electron chi connectivity index (χ0n) is 13.8. The van der Waals surface area contributed by atoms with Crippen LogP contribution in [0.1, 0.15) is 5.56 Å². The van der Waals surface area contributed by atoms with Crippen LogP contribution in [-0.2, 0) is 0 Å². The lowest BCUT2D eigenvalue weighted by Gasteiger charge is -2.11. The van der Waals surface area contributed by atoms with Crippen molar-refractivity contribution in [1.29, 1.82) is 0 Å². The Bertz CT molecular complexity index is 1040. The Balaban J connectivity index is 1.85. The maximum Gasteiger partial charge on any atom is 0.162 e. The van der Waals surface area contributed by atoms with Crippen LogP contribution in [0.25, 0.3) is 22.3 Å². The van der Waals surface area contributed by atoms with Crippen LogP contribution in [0.2, 0.25) is 0 Å². The highest BCUT2D eigenvalue weighted by molar-refractivity contribution is 5.92. The molecule has 1 heterocycles. The lowest BCUT2D eigenvalue weighted by molar-refractivity contribution is 0.475. The van der Waals surface area contributed by atoms with E-state index >= 15 is 0 Å². The predicted molar refractivity (Wildman–Crippen MR) is 101 cm³/mol. The molecule has 0 amide bonds. The van der Waals surface area contributed by atoms with E-state index in [0.717, 1.165) is 28.0 Å². The Labute approximate surface area is 145 Å². The lowest BCUT2D eigenvalue weighted by Crippen LogP contribution is -1.99. The summed E-state index contributed by atoms with van der Waals surface area (Å²) in [6, 6.07) is 23.0. The van der Waals surface area contributed by atoms with Crippen LogP contribution in [0, 0.1) is 6.92 Å². The second kappa shape index (κ2) is 6.24. The van der Waals surface area contributed by atoms with Gasteiger partial charge in [0, 0.05) is 16.6 Å². The molecular formula is C21H17N3O. The fourth-order valence-electron chi connectivity index (χ4n) is 2.77. The van der Waals surface area contributed by atoms with Crippen molar-refractivity contribution < 1.29 is 5.11 Å². The summed E-state index contributed by atoms with van der Waals surface area (Å²) in [6.45, 7) is 2.06. The number of para-hydroxylation sites is 1. The van der Waals surface area contributed by atoms with E-state index in [4.69, 9.17) is 9.97 Å². The van der Waals surface area contributed by atoms with Crippen LogP contribution in [0.3, 0.4) is 0 Å². The monoisotopic (exact) mass is 327 g/mol. The number of phenolic OH excluding ortho intramolecular Hbond substituents is 1. The molecule has 1 aromatic heterocycles. The zero-order valence-corrected chi connectivity index (χ0v) is 13.8. The number of anilines is 2. The van der Waals surface area contributed by atoms with E-state index in [1.165, 1.54) is 5.56 Å². The number of aryl methyl sites for hydroxylation is 1. The molecule has 0 unspecified atom stereocenters. The first kappa shape index (κ1) is 15.1. The highest BCUT2D eigenvalue weighted by Gasteiger charge is 2.10. The van der Waals surface area contributed by atoms with E-state index in [0.29, 0.717) is 5.82 Å². The van der Waals surface area contributed by atoms with Crippen molar-refractivity contribution in [3.63, 3.8) is 0 Å². The van der Waals surface area contributed by atoms with Gasteiger partial charge in [-0.15, -0.1) is 0 Å². The molecule has 0 radical (unpaired) electrons. The highest BCUT2D eigenvalue weighted by atomic mass is 16.3. The van der Waals surface area contributed by atoms with Crippen LogP contribution in [0.5, 0.6) is 5.75 Å². The Hall–Kier alpha value is -3.40. The molecule has 0 aliphatic carbocycles.